The van der Waals surface area contributed by atoms with E-state index in [1.165, 1.54) is 18.8 Å². The summed E-state index contributed by atoms with van der Waals surface area (Å²) in [6.45, 7) is 2.14. The maximum absolute atomic E-state index is 12.1. The largest absolute Gasteiger partial charge is 0.466 e. The number of carbonyl (C=O) groups is 2. The molecule has 0 aromatic carbocycles. The van der Waals surface area contributed by atoms with Crippen LogP contribution in [0.5, 0.6) is 0 Å². The number of rotatable bonds is 13. The summed E-state index contributed by atoms with van der Waals surface area (Å²) in [4.78, 5) is 23.1. The maximum Gasteiger partial charge on any atom is 0.330 e. The van der Waals surface area contributed by atoms with Crippen molar-refractivity contribution in [1.29, 1.82) is 0 Å². The second-order valence-electron chi connectivity index (χ2n) is 6.86. The summed E-state index contributed by atoms with van der Waals surface area (Å²) in [5.74, 6) is -0.0104. The second-order valence-corrected chi connectivity index (χ2v) is 6.86. The summed E-state index contributed by atoms with van der Waals surface area (Å²) in [6, 6.07) is 0. The Labute approximate surface area is 152 Å². The normalized spacial score (nSPS) is 16.0. The van der Waals surface area contributed by atoms with Gasteiger partial charge in [0.05, 0.1) is 13.2 Å². The molecule has 0 fully saturated rings. The average molecular weight is 350 g/mol. The number of Topliss-reactive ketones (excluding diaryl/α,β-unsaturated/α-hetero) is 1. The van der Waals surface area contributed by atoms with Gasteiger partial charge in [-0.15, -0.1) is 0 Å². The summed E-state index contributed by atoms with van der Waals surface area (Å²) in [6.07, 6.45) is 14.1. The molecule has 4 nitrogen and oxygen atoms in total. The van der Waals surface area contributed by atoms with Crippen LogP contribution in [-0.4, -0.2) is 30.1 Å². The zero-order chi connectivity index (χ0) is 18.5. The highest BCUT2D eigenvalue weighted by Gasteiger charge is 2.21. The van der Waals surface area contributed by atoms with Gasteiger partial charge in [-0.2, -0.15) is 0 Å². The number of aliphatic hydroxyl groups is 1. The quantitative estimate of drug-likeness (QED) is 0.298. The summed E-state index contributed by atoms with van der Waals surface area (Å²) in [5.41, 5.74) is 2.36. The molecule has 0 heterocycles. The molecule has 4 heteroatoms. The van der Waals surface area contributed by atoms with E-state index in [1.54, 1.807) is 0 Å². The standard InChI is InChI=1S/C21H34O4/c1-3-4-11-18(22)12-9-10-17-15-16-20(23)19(17)13-7-5-6-8-14-21(24)25-2/h8,14,18,22H,3-7,9-13,15-16H2,1-2H3. The number of ketones is 1. The van der Waals surface area contributed by atoms with Crippen LogP contribution in [-0.2, 0) is 14.3 Å². The van der Waals surface area contributed by atoms with Gasteiger partial charge in [0.15, 0.2) is 5.78 Å². The van der Waals surface area contributed by atoms with Crippen molar-refractivity contribution < 1.29 is 19.4 Å². The molecule has 0 amide bonds. The molecule has 0 aromatic heterocycles. The van der Waals surface area contributed by atoms with Crippen LogP contribution < -0.4 is 0 Å². The van der Waals surface area contributed by atoms with Gasteiger partial charge in [0.25, 0.3) is 0 Å². The van der Waals surface area contributed by atoms with Crippen molar-refractivity contribution in [3.8, 4) is 0 Å². The van der Waals surface area contributed by atoms with Crippen molar-refractivity contribution in [3.63, 3.8) is 0 Å². The van der Waals surface area contributed by atoms with Gasteiger partial charge in [-0.3, -0.25) is 4.79 Å². The minimum atomic E-state index is -0.322. The Morgan fingerprint density at radius 3 is 2.64 bits per heavy atom. The van der Waals surface area contributed by atoms with Gasteiger partial charge in [0.2, 0.25) is 0 Å². The molecule has 0 saturated carbocycles. The van der Waals surface area contributed by atoms with Crippen LogP contribution in [0.1, 0.15) is 84.0 Å². The zero-order valence-corrected chi connectivity index (χ0v) is 15.9. The van der Waals surface area contributed by atoms with E-state index in [4.69, 9.17) is 0 Å². The molecule has 25 heavy (non-hydrogen) atoms. The molecule has 0 radical (unpaired) electrons. The first kappa shape index (κ1) is 21.6. The fraction of sp³-hybridized carbons (Fsp3) is 0.714. The molecular weight excluding hydrogens is 316 g/mol. The van der Waals surface area contributed by atoms with Gasteiger partial charge < -0.3 is 9.84 Å². The van der Waals surface area contributed by atoms with Crippen molar-refractivity contribution in [1.82, 2.24) is 0 Å². The van der Waals surface area contributed by atoms with Crippen LogP contribution in [0, 0.1) is 0 Å². The number of esters is 1. The molecule has 1 rings (SSSR count). The fourth-order valence-electron chi connectivity index (χ4n) is 3.30. The van der Waals surface area contributed by atoms with E-state index in [-0.39, 0.29) is 12.1 Å². The van der Waals surface area contributed by atoms with Gasteiger partial charge in [0, 0.05) is 12.5 Å². The lowest BCUT2D eigenvalue weighted by Crippen LogP contribution is -2.06. The highest BCUT2D eigenvalue weighted by Crippen LogP contribution is 2.31. The Hall–Kier alpha value is -1.42. The molecule has 0 bridgehead atoms. The van der Waals surface area contributed by atoms with E-state index >= 15 is 0 Å². The Kier molecular flexibility index (Phi) is 11.1. The number of hydrogen-bond acceptors (Lipinski definition) is 4. The van der Waals surface area contributed by atoms with Crippen molar-refractivity contribution in [3.05, 3.63) is 23.3 Å². The minimum Gasteiger partial charge on any atom is -0.466 e. The molecule has 1 aliphatic rings. The average Bonchev–Trinajstić information content (AvgIpc) is 2.95. The highest BCUT2D eigenvalue weighted by atomic mass is 16.5. The first-order valence-electron chi connectivity index (χ1n) is 9.75. The summed E-state index contributed by atoms with van der Waals surface area (Å²) in [5, 5.41) is 9.93. The van der Waals surface area contributed by atoms with E-state index in [1.807, 2.05) is 6.08 Å². The van der Waals surface area contributed by atoms with Crippen LogP contribution in [0.4, 0.5) is 0 Å². The van der Waals surface area contributed by atoms with Crippen LogP contribution in [0.3, 0.4) is 0 Å². The maximum atomic E-state index is 12.1. The molecule has 0 saturated heterocycles. The molecule has 142 valence electrons. The zero-order valence-electron chi connectivity index (χ0n) is 15.9. The number of allylic oxidation sites excluding steroid dienone is 3. The molecule has 0 aliphatic heterocycles. The smallest absolute Gasteiger partial charge is 0.330 e. The van der Waals surface area contributed by atoms with Gasteiger partial charge in [-0.05, 0) is 63.4 Å². The molecule has 0 aromatic rings. The number of aliphatic hydroxyl groups excluding tert-OH is 1. The number of hydrogen-bond donors (Lipinski definition) is 1. The SMILES string of the molecule is CCCCC(O)CCCC1=C(CCCCC=CC(=O)OC)C(=O)CC1. The third-order valence-corrected chi connectivity index (χ3v) is 4.83. The molecule has 0 spiro atoms. The molecule has 1 unspecified atom stereocenters. The lowest BCUT2D eigenvalue weighted by Gasteiger charge is -2.11. The van der Waals surface area contributed by atoms with Gasteiger partial charge >= 0.3 is 5.97 Å². The van der Waals surface area contributed by atoms with E-state index in [0.29, 0.717) is 12.2 Å². The predicted octanol–water partition coefficient (Wildman–Crippen LogP) is 4.66. The van der Waals surface area contributed by atoms with Crippen LogP contribution >= 0.6 is 0 Å². The number of methoxy groups -OCH3 is 1. The van der Waals surface area contributed by atoms with E-state index in [9.17, 15) is 14.7 Å². The number of ether oxygens (including phenoxy) is 1. The third-order valence-electron chi connectivity index (χ3n) is 4.83. The van der Waals surface area contributed by atoms with Crippen LogP contribution in [0.15, 0.2) is 23.3 Å². The first-order chi connectivity index (χ1) is 12.1. The van der Waals surface area contributed by atoms with Crippen LogP contribution in [0.2, 0.25) is 0 Å². The summed E-state index contributed by atoms with van der Waals surface area (Å²) < 4.78 is 4.55. The van der Waals surface area contributed by atoms with E-state index in [2.05, 4.69) is 11.7 Å². The number of unbranched alkanes of at least 4 members (excludes halogenated alkanes) is 3. The minimum absolute atomic E-state index is 0.192. The van der Waals surface area contributed by atoms with Gasteiger partial charge in [-0.1, -0.05) is 31.4 Å². The van der Waals surface area contributed by atoms with E-state index in [0.717, 1.165) is 76.2 Å². The van der Waals surface area contributed by atoms with Gasteiger partial charge in [-0.25, -0.2) is 4.79 Å². The number of carbonyl (C=O) groups excluding carboxylic acids is 2. The van der Waals surface area contributed by atoms with Crippen molar-refractivity contribution in [2.75, 3.05) is 7.11 Å². The topological polar surface area (TPSA) is 63.6 Å². The summed E-state index contributed by atoms with van der Waals surface area (Å²) in [7, 11) is 1.37. The molecule has 1 atom stereocenters. The van der Waals surface area contributed by atoms with Gasteiger partial charge in [0.1, 0.15) is 0 Å². The highest BCUT2D eigenvalue weighted by molar-refractivity contribution is 5.98. The summed E-state index contributed by atoms with van der Waals surface area (Å²) >= 11 is 0. The monoisotopic (exact) mass is 350 g/mol. The molecule has 1 aliphatic carbocycles. The molecular formula is C21H34O4. The van der Waals surface area contributed by atoms with Crippen molar-refractivity contribution >= 4 is 11.8 Å². The third kappa shape index (κ3) is 9.01. The second kappa shape index (κ2) is 12.9. The Balaban J connectivity index is 2.31. The van der Waals surface area contributed by atoms with Crippen LogP contribution in [0.25, 0.3) is 0 Å². The predicted molar refractivity (Wildman–Crippen MR) is 100 cm³/mol. The Morgan fingerprint density at radius 1 is 1.16 bits per heavy atom. The first-order valence-corrected chi connectivity index (χ1v) is 9.75. The Morgan fingerprint density at radius 2 is 1.92 bits per heavy atom. The Bertz CT molecular complexity index is 476. The lowest BCUT2D eigenvalue weighted by atomic mass is 9.98. The van der Waals surface area contributed by atoms with Crippen molar-refractivity contribution in [2.45, 2.75) is 90.1 Å². The fourth-order valence-corrected chi connectivity index (χ4v) is 3.30. The molecule has 1 N–H and O–H groups in total. The van der Waals surface area contributed by atoms with Crippen molar-refractivity contribution in [2.24, 2.45) is 0 Å². The lowest BCUT2D eigenvalue weighted by molar-refractivity contribution is -0.134. The van der Waals surface area contributed by atoms with E-state index < -0.39 is 0 Å².